The molecule has 0 saturated carbocycles. The van der Waals surface area contributed by atoms with Gasteiger partial charge in [0.15, 0.2) is 6.10 Å². The molecule has 0 bridgehead atoms. The third kappa shape index (κ3) is 45.7. The molecule has 10 nitrogen and oxygen atoms in total. The van der Waals surface area contributed by atoms with Crippen molar-refractivity contribution in [2.24, 2.45) is 0 Å². The van der Waals surface area contributed by atoms with E-state index in [0.717, 1.165) is 51.4 Å². The zero-order valence-corrected chi connectivity index (χ0v) is 40.2. The van der Waals surface area contributed by atoms with Crippen molar-refractivity contribution in [2.75, 3.05) is 26.4 Å². The minimum absolute atomic E-state index is 0.105. The highest BCUT2D eigenvalue weighted by Crippen LogP contribution is 2.43. The normalized spacial score (nSPS) is 14.2. The number of allylic oxidation sites excluding steroid dienone is 10. The molecule has 62 heavy (non-hydrogen) atoms. The lowest BCUT2D eigenvalue weighted by molar-refractivity contribution is -0.161. The highest BCUT2D eigenvalue weighted by Gasteiger charge is 2.27. The Morgan fingerprint density at radius 1 is 0.500 bits per heavy atom. The molecule has 3 unspecified atom stereocenters. The number of ether oxygens (including phenoxy) is 2. The van der Waals surface area contributed by atoms with Crippen LogP contribution in [0.3, 0.4) is 0 Å². The van der Waals surface area contributed by atoms with Crippen LogP contribution >= 0.6 is 7.82 Å². The number of carbonyl (C=O) groups is 2. The fraction of sp³-hybridized carbons (Fsp3) is 0.765. The van der Waals surface area contributed by atoms with Gasteiger partial charge in [0.1, 0.15) is 12.7 Å². The van der Waals surface area contributed by atoms with E-state index in [1.165, 1.54) is 116 Å². The van der Waals surface area contributed by atoms with E-state index in [-0.39, 0.29) is 19.4 Å². The summed E-state index contributed by atoms with van der Waals surface area (Å²) in [4.78, 5) is 35.1. The summed E-state index contributed by atoms with van der Waals surface area (Å²) in [6, 6.07) is 0. The summed E-state index contributed by atoms with van der Waals surface area (Å²) < 4.78 is 32.8. The summed E-state index contributed by atoms with van der Waals surface area (Å²) in [5.41, 5.74) is 0. The molecule has 0 fully saturated rings. The van der Waals surface area contributed by atoms with E-state index in [2.05, 4.69) is 62.5 Å². The van der Waals surface area contributed by atoms with Crippen LogP contribution in [0.4, 0.5) is 0 Å². The molecular formula is C51H91O10P. The fourth-order valence-corrected chi connectivity index (χ4v) is 7.47. The molecule has 0 aliphatic rings. The van der Waals surface area contributed by atoms with E-state index in [9.17, 15) is 24.2 Å². The number of aliphatic hydroxyl groups excluding tert-OH is 2. The lowest BCUT2D eigenvalue weighted by Crippen LogP contribution is -2.29. The van der Waals surface area contributed by atoms with Crippen molar-refractivity contribution in [3.05, 3.63) is 60.8 Å². The summed E-state index contributed by atoms with van der Waals surface area (Å²) in [7, 11) is -4.64. The van der Waals surface area contributed by atoms with Gasteiger partial charge in [0.05, 0.1) is 19.8 Å². The number of phosphoric acid groups is 1. The van der Waals surface area contributed by atoms with Gasteiger partial charge in [-0.05, 0) is 51.4 Å². The largest absolute Gasteiger partial charge is 0.472 e. The van der Waals surface area contributed by atoms with E-state index in [4.69, 9.17) is 23.6 Å². The second-order valence-corrected chi connectivity index (χ2v) is 17.9. The molecule has 360 valence electrons. The predicted molar refractivity (Wildman–Crippen MR) is 256 cm³/mol. The Hall–Kier alpha value is -2.33. The maximum Gasteiger partial charge on any atom is 0.472 e. The number of phosphoric ester groups is 1. The van der Waals surface area contributed by atoms with Crippen molar-refractivity contribution in [1.29, 1.82) is 0 Å². The maximum atomic E-state index is 12.6. The van der Waals surface area contributed by atoms with Crippen LogP contribution in [0.5, 0.6) is 0 Å². The molecule has 0 rings (SSSR count). The van der Waals surface area contributed by atoms with Crippen LogP contribution in [0, 0.1) is 0 Å². The van der Waals surface area contributed by atoms with Crippen molar-refractivity contribution < 1.29 is 47.8 Å². The van der Waals surface area contributed by atoms with Gasteiger partial charge in [-0.25, -0.2) is 4.57 Å². The Morgan fingerprint density at radius 3 is 1.32 bits per heavy atom. The summed E-state index contributed by atoms with van der Waals surface area (Å²) in [6.45, 7) is 2.23. The highest BCUT2D eigenvalue weighted by molar-refractivity contribution is 7.47. The van der Waals surface area contributed by atoms with Gasteiger partial charge >= 0.3 is 19.8 Å². The maximum absolute atomic E-state index is 12.6. The molecule has 0 saturated heterocycles. The molecule has 3 N–H and O–H groups in total. The van der Waals surface area contributed by atoms with Gasteiger partial charge in [0.2, 0.25) is 0 Å². The zero-order valence-electron chi connectivity index (χ0n) is 39.3. The molecule has 0 aromatic heterocycles. The van der Waals surface area contributed by atoms with E-state index in [1.54, 1.807) is 0 Å². The van der Waals surface area contributed by atoms with Gasteiger partial charge < -0.3 is 24.6 Å². The molecule has 0 heterocycles. The summed E-state index contributed by atoms with van der Waals surface area (Å²) in [5.74, 6) is -0.988. The first-order valence-corrected chi connectivity index (χ1v) is 26.2. The van der Waals surface area contributed by atoms with Gasteiger partial charge in [0, 0.05) is 12.8 Å². The van der Waals surface area contributed by atoms with Gasteiger partial charge in [-0.1, -0.05) is 209 Å². The molecule has 0 aromatic carbocycles. The Morgan fingerprint density at radius 2 is 0.887 bits per heavy atom. The lowest BCUT2D eigenvalue weighted by atomic mass is 10.0. The van der Waals surface area contributed by atoms with Crippen molar-refractivity contribution in [1.82, 2.24) is 0 Å². The van der Waals surface area contributed by atoms with Crippen LogP contribution in [0.25, 0.3) is 0 Å². The highest BCUT2D eigenvalue weighted by atomic mass is 31.2. The fourth-order valence-electron chi connectivity index (χ4n) is 6.68. The number of unbranched alkanes of at least 4 members (excludes halogenated alkanes) is 22. The first kappa shape index (κ1) is 59.7. The van der Waals surface area contributed by atoms with Crippen LogP contribution in [0.15, 0.2) is 60.8 Å². The topological polar surface area (TPSA) is 149 Å². The molecular weight excluding hydrogens is 804 g/mol. The predicted octanol–water partition coefficient (Wildman–Crippen LogP) is 13.8. The van der Waals surface area contributed by atoms with E-state index in [0.29, 0.717) is 19.3 Å². The van der Waals surface area contributed by atoms with Crippen molar-refractivity contribution in [3.63, 3.8) is 0 Å². The number of aliphatic hydroxyl groups is 2. The third-order valence-electron chi connectivity index (χ3n) is 10.4. The van der Waals surface area contributed by atoms with Crippen molar-refractivity contribution >= 4 is 19.8 Å². The van der Waals surface area contributed by atoms with Gasteiger partial charge in [-0.3, -0.25) is 18.6 Å². The van der Waals surface area contributed by atoms with Crippen LogP contribution in [-0.2, 0) is 32.7 Å². The van der Waals surface area contributed by atoms with Crippen molar-refractivity contribution in [2.45, 2.75) is 225 Å². The number of hydrogen-bond acceptors (Lipinski definition) is 9. The van der Waals surface area contributed by atoms with Gasteiger partial charge in [-0.2, -0.15) is 0 Å². The van der Waals surface area contributed by atoms with Gasteiger partial charge in [0.25, 0.3) is 0 Å². The average molecular weight is 895 g/mol. The smallest absolute Gasteiger partial charge is 0.462 e. The number of esters is 2. The minimum atomic E-state index is -4.64. The Bertz CT molecular complexity index is 1210. The first-order chi connectivity index (χ1) is 30.2. The second kappa shape index (κ2) is 46.7. The van der Waals surface area contributed by atoms with Crippen molar-refractivity contribution in [3.8, 4) is 0 Å². The zero-order chi connectivity index (χ0) is 45.5. The first-order valence-electron chi connectivity index (χ1n) is 24.7. The summed E-state index contributed by atoms with van der Waals surface area (Å²) in [6.07, 6.45) is 53.5. The van der Waals surface area contributed by atoms with E-state index < -0.39 is 51.8 Å². The molecule has 0 radical (unpaired) electrons. The molecule has 3 atom stereocenters. The Balaban J connectivity index is 4.23. The van der Waals surface area contributed by atoms with E-state index in [1.807, 2.05) is 12.2 Å². The molecule has 0 amide bonds. The van der Waals surface area contributed by atoms with Crippen LogP contribution < -0.4 is 0 Å². The molecule has 11 heteroatoms. The van der Waals surface area contributed by atoms with E-state index >= 15 is 0 Å². The van der Waals surface area contributed by atoms with Crippen LogP contribution in [0.1, 0.15) is 213 Å². The standard InChI is InChI=1S/C51H91O10P/c1-3-5-7-9-11-13-15-17-19-21-22-23-24-25-27-28-30-32-34-36-38-40-42-50(54)58-46-49(47-60-62(56,57)59-45-48(53)44-52)61-51(55)43-41-39-37-35-33-31-29-26-20-18-16-14-12-10-8-6-4-2/h6,8,12,14,18,20,29,31,35,37,48-49,52-53H,3-5,7,9-11,13,15-17,19,21-28,30,32-34,36,38-47H2,1-2H3,(H,56,57)/b8-6-,14-12-,20-18-,31-29-,37-35-. The van der Waals surface area contributed by atoms with Gasteiger partial charge in [-0.15, -0.1) is 0 Å². The average Bonchev–Trinajstić information content (AvgIpc) is 3.26. The van der Waals surface area contributed by atoms with Crippen LogP contribution in [0.2, 0.25) is 0 Å². The number of hydrogen-bond donors (Lipinski definition) is 3. The second-order valence-electron chi connectivity index (χ2n) is 16.5. The minimum Gasteiger partial charge on any atom is -0.462 e. The Labute approximate surface area is 378 Å². The monoisotopic (exact) mass is 895 g/mol. The molecule has 0 aliphatic heterocycles. The SMILES string of the molecule is CC/C=C\C/C=C\C/C=C\C/C=C\C/C=C\CCCC(=O)OC(COC(=O)CCCCCCCCCCCCCCCCCCCCCCCC)COP(=O)(O)OCC(O)CO. The molecule has 0 aliphatic carbocycles. The van der Waals surface area contributed by atoms with Crippen LogP contribution in [-0.4, -0.2) is 65.7 Å². The number of rotatable bonds is 46. The summed E-state index contributed by atoms with van der Waals surface area (Å²) in [5, 5.41) is 18.4. The molecule has 0 spiro atoms. The quantitative estimate of drug-likeness (QED) is 0.0233. The summed E-state index contributed by atoms with van der Waals surface area (Å²) >= 11 is 0. The lowest BCUT2D eigenvalue weighted by Gasteiger charge is -2.20. The molecule has 0 aromatic rings. The Kier molecular flexibility index (Phi) is 44.9. The third-order valence-corrected chi connectivity index (χ3v) is 11.4. The number of carbonyl (C=O) groups excluding carboxylic acids is 2.